The van der Waals surface area contributed by atoms with E-state index in [0.29, 0.717) is 50.6 Å². The van der Waals surface area contributed by atoms with Crippen LogP contribution in [0.25, 0.3) is 109 Å². The topological polar surface area (TPSA) is 65.8 Å². The molecular formula is C79H44F3N5O2. The fourth-order valence-electron chi connectivity index (χ4n) is 15.1. The van der Waals surface area contributed by atoms with Gasteiger partial charge < -0.3 is 23.2 Å². The predicted octanol–water partition coefficient (Wildman–Crippen LogP) is 22.3. The van der Waals surface area contributed by atoms with Crippen LogP contribution in [0.3, 0.4) is 0 Å². The minimum atomic E-state index is -4.59. The molecule has 10 heteroatoms. The van der Waals surface area contributed by atoms with E-state index in [2.05, 4.69) is 191 Å². The Kier molecular flexibility index (Phi) is 10.4. The molecule has 1 aliphatic heterocycles. The molecule has 0 saturated heterocycles. The first-order chi connectivity index (χ1) is 43.6. The highest BCUT2D eigenvalue weighted by atomic mass is 19.4. The number of nitriles is 1. The number of rotatable bonds is 6. The number of hydrogen-bond acceptors (Lipinski definition) is 5. The second-order valence-corrected chi connectivity index (χ2v) is 23.2. The summed E-state index contributed by atoms with van der Waals surface area (Å²) in [5.74, 6) is 0. The number of hydrogen-bond donors (Lipinski definition) is 0. The van der Waals surface area contributed by atoms with Crippen molar-refractivity contribution in [1.82, 2.24) is 4.57 Å². The molecule has 418 valence electrons. The molecule has 16 aromatic rings. The molecule has 3 aromatic heterocycles. The molecule has 1 unspecified atom stereocenters. The lowest BCUT2D eigenvalue weighted by molar-refractivity contribution is -0.137. The van der Waals surface area contributed by atoms with Crippen molar-refractivity contribution in [3.8, 4) is 22.9 Å². The number of anilines is 6. The van der Waals surface area contributed by atoms with Crippen LogP contribution in [-0.2, 0) is 11.6 Å². The normalized spacial score (nSPS) is 14.1. The minimum Gasteiger partial charge on any atom is -0.465 e. The van der Waals surface area contributed by atoms with Crippen molar-refractivity contribution < 1.29 is 22.0 Å². The second kappa shape index (κ2) is 18.3. The SMILES string of the molecule is [C-]#[N+]c1cccc2c1oc1c(N(c3ccc(C(F)(F)F)cc3)c3cc4c(c5ccccc35)-c3c(cc(N(c5ccc(C)cc5)c5cccc6c5oc5c(C#N)cccc56)c5ccccc35)C43c4ccccc4-n4c5ccccc5c5cccc3c54)cccc12. The molecule has 0 bridgehead atoms. The molecule has 7 nitrogen and oxygen atoms in total. The lowest BCUT2D eigenvalue weighted by Gasteiger charge is -2.40. The minimum absolute atomic E-state index is 0.353. The summed E-state index contributed by atoms with van der Waals surface area (Å²) in [5.41, 5.74) is 15.8. The van der Waals surface area contributed by atoms with Gasteiger partial charge in [-0.15, -0.1) is 0 Å². The van der Waals surface area contributed by atoms with Crippen molar-refractivity contribution in [2.24, 2.45) is 0 Å². The zero-order chi connectivity index (χ0) is 59.6. The van der Waals surface area contributed by atoms with E-state index < -0.39 is 17.2 Å². The van der Waals surface area contributed by atoms with Crippen LogP contribution in [0.4, 0.5) is 53.0 Å². The first-order valence-electron chi connectivity index (χ1n) is 29.4. The largest absolute Gasteiger partial charge is 0.465 e. The zero-order valence-electron chi connectivity index (χ0n) is 47.4. The van der Waals surface area contributed by atoms with Crippen molar-refractivity contribution in [2.75, 3.05) is 9.80 Å². The average Bonchev–Trinajstić information content (AvgIpc) is 1.51. The van der Waals surface area contributed by atoms with Crippen LogP contribution >= 0.6 is 0 Å². The number of furan rings is 2. The number of fused-ring (bicyclic) bond motifs is 22. The lowest BCUT2D eigenvalue weighted by atomic mass is 9.65. The molecule has 1 atom stereocenters. The van der Waals surface area contributed by atoms with Crippen LogP contribution in [0.1, 0.15) is 38.9 Å². The third-order valence-corrected chi connectivity index (χ3v) is 18.7. The standard InChI is InChI=1S/C79H44F3N5O2/c1-45-34-38-48(39-35-45)85(67-32-14-25-58-56-23-11-16-46(44-83)74(56)88-76(58)67)69-42-62-71(53-20-5-3-17-50(53)69)72-54-21-6-4-18-51(54)70(43-63(72)78(62)60-27-8-10-31-66(60)87-65-30-9-7-19-52(65)55-22-12-28-61(78)73(55)87)86(49-40-36-47(37-41-49)79(80,81)82)68-33-15-26-59-57-24-13-29-64(84-2)75(57)89-77(59)68/h3-43H,1H3. The Balaban J connectivity index is 1.02. The molecule has 0 fully saturated rings. The maximum absolute atomic E-state index is 14.7. The number of nitrogens with zero attached hydrogens (tertiary/aromatic N) is 5. The Morgan fingerprint density at radius 1 is 0.449 bits per heavy atom. The van der Waals surface area contributed by atoms with Gasteiger partial charge in [-0.05, 0) is 130 Å². The molecular weight excluding hydrogens is 1110 g/mol. The second-order valence-electron chi connectivity index (χ2n) is 23.2. The number of para-hydroxylation sites is 7. The van der Waals surface area contributed by atoms with Gasteiger partial charge >= 0.3 is 6.18 Å². The quantitative estimate of drug-likeness (QED) is 0.155. The van der Waals surface area contributed by atoms with Crippen LogP contribution in [0.15, 0.2) is 258 Å². The Labute approximate surface area is 506 Å². The summed E-state index contributed by atoms with van der Waals surface area (Å²) in [5, 5.41) is 19.7. The summed E-state index contributed by atoms with van der Waals surface area (Å²) < 4.78 is 60.4. The highest BCUT2D eigenvalue weighted by molar-refractivity contribution is 6.22. The zero-order valence-corrected chi connectivity index (χ0v) is 47.4. The molecule has 89 heavy (non-hydrogen) atoms. The predicted molar refractivity (Wildman–Crippen MR) is 351 cm³/mol. The van der Waals surface area contributed by atoms with Crippen LogP contribution in [-0.4, -0.2) is 4.57 Å². The Morgan fingerprint density at radius 2 is 0.921 bits per heavy atom. The molecule has 0 saturated carbocycles. The molecule has 1 spiro atoms. The van der Waals surface area contributed by atoms with Crippen LogP contribution in [0.2, 0.25) is 0 Å². The summed E-state index contributed by atoms with van der Waals surface area (Å²) in [6.07, 6.45) is -4.59. The molecule has 0 N–H and O–H groups in total. The van der Waals surface area contributed by atoms with Crippen LogP contribution in [0, 0.1) is 24.8 Å². The van der Waals surface area contributed by atoms with Gasteiger partial charge in [0.05, 0.1) is 62.6 Å². The van der Waals surface area contributed by atoms with E-state index in [-0.39, 0.29) is 0 Å². The van der Waals surface area contributed by atoms with Gasteiger partial charge in [0, 0.05) is 54.5 Å². The molecule has 0 radical (unpaired) electrons. The van der Waals surface area contributed by atoms with Gasteiger partial charge in [0.1, 0.15) is 11.7 Å². The first kappa shape index (κ1) is 50.5. The van der Waals surface area contributed by atoms with Crippen LogP contribution in [0.5, 0.6) is 0 Å². The summed E-state index contributed by atoms with van der Waals surface area (Å²) in [6, 6.07) is 85.3. The van der Waals surface area contributed by atoms with E-state index in [1.807, 2.05) is 53.4 Å². The van der Waals surface area contributed by atoms with Gasteiger partial charge in [0.2, 0.25) is 5.69 Å². The van der Waals surface area contributed by atoms with E-state index >= 15 is 0 Å². The average molecular weight is 1150 g/mol. The van der Waals surface area contributed by atoms with Crippen molar-refractivity contribution >= 4 is 127 Å². The van der Waals surface area contributed by atoms with E-state index in [9.17, 15) is 18.4 Å². The highest BCUT2D eigenvalue weighted by Gasteiger charge is 2.53. The van der Waals surface area contributed by atoms with E-state index in [1.165, 1.54) is 0 Å². The third kappa shape index (κ3) is 6.80. The highest BCUT2D eigenvalue weighted by Crippen LogP contribution is 2.66. The maximum Gasteiger partial charge on any atom is 0.416 e. The van der Waals surface area contributed by atoms with Gasteiger partial charge in [-0.1, -0.05) is 175 Å². The Bertz CT molecular complexity index is 5860. The third-order valence-electron chi connectivity index (χ3n) is 18.7. The molecule has 13 aromatic carbocycles. The molecule has 18 rings (SSSR count). The lowest BCUT2D eigenvalue weighted by Crippen LogP contribution is -2.34. The van der Waals surface area contributed by atoms with Crippen LogP contribution < -0.4 is 9.80 Å². The Hall–Kier alpha value is -11.9. The molecule has 4 heterocycles. The number of aromatic nitrogens is 1. The van der Waals surface area contributed by atoms with Gasteiger partial charge in [-0.2, -0.15) is 18.4 Å². The summed E-state index contributed by atoms with van der Waals surface area (Å²) in [4.78, 5) is 8.21. The van der Waals surface area contributed by atoms with Crippen molar-refractivity contribution in [3.63, 3.8) is 0 Å². The van der Waals surface area contributed by atoms with E-state index in [4.69, 9.17) is 15.4 Å². The van der Waals surface area contributed by atoms with Gasteiger partial charge in [-0.3, -0.25) is 0 Å². The van der Waals surface area contributed by atoms with Gasteiger partial charge in [0.25, 0.3) is 0 Å². The summed E-state index contributed by atoms with van der Waals surface area (Å²) in [6.45, 7) is 10.2. The molecule has 1 aliphatic carbocycles. The van der Waals surface area contributed by atoms with E-state index in [1.54, 1.807) is 24.3 Å². The number of halogens is 3. The maximum atomic E-state index is 14.7. The van der Waals surface area contributed by atoms with Crippen molar-refractivity contribution in [1.29, 1.82) is 5.26 Å². The fourth-order valence-corrected chi connectivity index (χ4v) is 15.1. The number of alkyl halides is 3. The fraction of sp³-hybridized carbons (Fsp3) is 0.0380. The van der Waals surface area contributed by atoms with Gasteiger partial charge in [-0.25, -0.2) is 4.85 Å². The molecule has 2 aliphatic rings. The summed E-state index contributed by atoms with van der Waals surface area (Å²) >= 11 is 0. The van der Waals surface area contributed by atoms with Crippen molar-refractivity contribution in [2.45, 2.75) is 18.5 Å². The van der Waals surface area contributed by atoms with E-state index in [0.717, 1.165) is 139 Å². The summed E-state index contributed by atoms with van der Waals surface area (Å²) in [7, 11) is 0. The smallest absolute Gasteiger partial charge is 0.416 e. The Morgan fingerprint density at radius 3 is 1.53 bits per heavy atom. The number of benzene rings is 13. The first-order valence-corrected chi connectivity index (χ1v) is 29.4. The molecule has 0 amide bonds. The van der Waals surface area contributed by atoms with Gasteiger partial charge in [0.15, 0.2) is 16.7 Å². The number of aryl methyl sites for hydroxylation is 1. The monoisotopic (exact) mass is 1150 g/mol. The van der Waals surface area contributed by atoms with Crippen molar-refractivity contribution in [3.05, 3.63) is 299 Å².